The summed E-state index contributed by atoms with van der Waals surface area (Å²) >= 11 is 3.50. The van der Waals surface area contributed by atoms with Crippen LogP contribution in [0.25, 0.3) is 0 Å². The minimum absolute atomic E-state index is 0.218. The molecule has 1 aliphatic heterocycles. The fourth-order valence-corrected chi connectivity index (χ4v) is 2.64. The molecule has 0 radical (unpaired) electrons. The molecule has 1 amide bonds. The number of halogens is 1. The van der Waals surface area contributed by atoms with Gasteiger partial charge in [0.05, 0.1) is 6.04 Å². The Kier molecular flexibility index (Phi) is 4.66. The quantitative estimate of drug-likeness (QED) is 0.874. The van der Waals surface area contributed by atoms with Gasteiger partial charge in [0.2, 0.25) is 0 Å². The second kappa shape index (κ2) is 6.13. The largest absolute Gasteiger partial charge is 0.486 e. The molecule has 1 aromatic rings. The second-order valence-corrected chi connectivity index (χ2v) is 6.74. The number of alkyl carbamates (subject to hydrolysis) is 1. The van der Waals surface area contributed by atoms with E-state index in [1.165, 1.54) is 0 Å². The lowest BCUT2D eigenvalue weighted by molar-refractivity contribution is 0.0507. The molecule has 6 heteroatoms. The van der Waals surface area contributed by atoms with Crippen LogP contribution in [0.5, 0.6) is 11.5 Å². The number of hydrogen-bond acceptors (Lipinski definition) is 4. The summed E-state index contributed by atoms with van der Waals surface area (Å²) in [6.45, 7) is 8.46. The van der Waals surface area contributed by atoms with Crippen molar-refractivity contribution in [3.05, 3.63) is 22.2 Å². The molecule has 116 valence electrons. The van der Waals surface area contributed by atoms with Crippen LogP contribution in [0.15, 0.2) is 16.6 Å². The number of rotatable bonds is 2. The van der Waals surface area contributed by atoms with Gasteiger partial charge in [-0.25, -0.2) is 4.79 Å². The molecular weight excluding hydrogens is 338 g/mol. The van der Waals surface area contributed by atoms with Crippen LogP contribution in [0.2, 0.25) is 0 Å². The van der Waals surface area contributed by atoms with Gasteiger partial charge in [0.15, 0.2) is 11.5 Å². The van der Waals surface area contributed by atoms with Gasteiger partial charge in [0.25, 0.3) is 0 Å². The summed E-state index contributed by atoms with van der Waals surface area (Å²) in [6, 6.07) is 3.52. The van der Waals surface area contributed by atoms with Crippen LogP contribution >= 0.6 is 15.9 Å². The van der Waals surface area contributed by atoms with Crippen molar-refractivity contribution >= 4 is 22.0 Å². The third-order valence-electron chi connectivity index (χ3n) is 2.86. The Morgan fingerprint density at radius 3 is 2.43 bits per heavy atom. The Morgan fingerprint density at radius 2 is 1.86 bits per heavy atom. The molecule has 0 spiro atoms. The third kappa shape index (κ3) is 4.27. The Morgan fingerprint density at radius 1 is 1.29 bits per heavy atom. The predicted molar refractivity (Wildman–Crippen MR) is 82.9 cm³/mol. The van der Waals surface area contributed by atoms with Crippen molar-refractivity contribution in [2.24, 2.45) is 0 Å². The molecule has 21 heavy (non-hydrogen) atoms. The first-order valence-corrected chi connectivity index (χ1v) is 7.64. The van der Waals surface area contributed by atoms with E-state index in [2.05, 4.69) is 21.2 Å². The second-order valence-electron chi connectivity index (χ2n) is 5.89. The van der Waals surface area contributed by atoms with Crippen LogP contribution in [0.4, 0.5) is 4.79 Å². The molecule has 1 atom stereocenters. The molecule has 0 bridgehead atoms. The van der Waals surface area contributed by atoms with E-state index in [9.17, 15) is 4.79 Å². The molecule has 1 aliphatic rings. The number of benzene rings is 1. The smallest absolute Gasteiger partial charge is 0.408 e. The zero-order chi connectivity index (χ0) is 15.6. The van der Waals surface area contributed by atoms with Crippen LogP contribution < -0.4 is 14.8 Å². The monoisotopic (exact) mass is 357 g/mol. The van der Waals surface area contributed by atoms with Crippen molar-refractivity contribution in [3.8, 4) is 11.5 Å². The van der Waals surface area contributed by atoms with Gasteiger partial charge in [0, 0.05) is 4.47 Å². The van der Waals surface area contributed by atoms with E-state index in [1.54, 1.807) is 0 Å². The van der Waals surface area contributed by atoms with E-state index in [4.69, 9.17) is 14.2 Å². The number of fused-ring (bicyclic) bond motifs is 1. The molecule has 1 aromatic carbocycles. The maximum Gasteiger partial charge on any atom is 0.408 e. The Hall–Kier alpha value is -1.43. The van der Waals surface area contributed by atoms with Crippen molar-refractivity contribution in [2.75, 3.05) is 13.2 Å². The summed E-state index contributed by atoms with van der Waals surface area (Å²) in [4.78, 5) is 11.8. The third-order valence-corrected chi connectivity index (χ3v) is 3.55. The number of ether oxygens (including phenoxy) is 3. The van der Waals surface area contributed by atoms with Gasteiger partial charge in [-0.3, -0.25) is 0 Å². The highest BCUT2D eigenvalue weighted by atomic mass is 79.9. The standard InChI is InChI=1S/C15H20BrNO4/c1-9(17-14(18)21-15(2,3)4)10-7-12-13(8-11(10)16)20-6-5-19-12/h7-9H,5-6H2,1-4H3,(H,17,18). The molecule has 0 saturated heterocycles. The minimum atomic E-state index is -0.520. The van der Waals surface area contributed by atoms with Crippen molar-refractivity contribution in [1.29, 1.82) is 0 Å². The van der Waals surface area contributed by atoms with Gasteiger partial charge < -0.3 is 19.5 Å². The van der Waals surface area contributed by atoms with Gasteiger partial charge >= 0.3 is 6.09 Å². The first-order valence-electron chi connectivity index (χ1n) is 6.85. The van der Waals surface area contributed by atoms with Crippen LogP contribution in [-0.4, -0.2) is 24.9 Å². The number of carbonyl (C=O) groups excluding carboxylic acids is 1. The molecule has 1 N–H and O–H groups in total. The van der Waals surface area contributed by atoms with E-state index in [-0.39, 0.29) is 6.04 Å². The van der Waals surface area contributed by atoms with Crippen molar-refractivity contribution in [3.63, 3.8) is 0 Å². The maximum absolute atomic E-state index is 11.8. The lowest BCUT2D eigenvalue weighted by Crippen LogP contribution is -2.34. The average Bonchev–Trinajstić information content (AvgIpc) is 2.35. The molecule has 2 rings (SSSR count). The molecule has 0 aromatic heterocycles. The van der Waals surface area contributed by atoms with E-state index < -0.39 is 11.7 Å². The summed E-state index contributed by atoms with van der Waals surface area (Å²) in [5, 5.41) is 2.81. The minimum Gasteiger partial charge on any atom is -0.486 e. The maximum atomic E-state index is 11.8. The molecule has 0 aliphatic carbocycles. The number of hydrogen-bond donors (Lipinski definition) is 1. The first-order chi connectivity index (χ1) is 9.76. The lowest BCUT2D eigenvalue weighted by atomic mass is 10.1. The summed E-state index contributed by atoms with van der Waals surface area (Å²) in [6.07, 6.45) is -0.447. The van der Waals surface area contributed by atoms with Crippen molar-refractivity contribution < 1.29 is 19.0 Å². The Balaban J connectivity index is 2.12. The van der Waals surface area contributed by atoms with Gasteiger partial charge in [-0.2, -0.15) is 0 Å². The first kappa shape index (κ1) is 15.9. The van der Waals surface area contributed by atoms with Crippen molar-refractivity contribution in [2.45, 2.75) is 39.3 Å². The van der Waals surface area contributed by atoms with Crippen LogP contribution in [-0.2, 0) is 4.74 Å². The zero-order valence-corrected chi connectivity index (χ0v) is 14.2. The molecule has 0 fully saturated rings. The molecular formula is C15H20BrNO4. The van der Waals surface area contributed by atoms with Gasteiger partial charge in [0.1, 0.15) is 18.8 Å². The van der Waals surface area contributed by atoms with Crippen molar-refractivity contribution in [1.82, 2.24) is 5.32 Å². The van der Waals surface area contributed by atoms with E-state index in [0.717, 1.165) is 10.0 Å². The van der Waals surface area contributed by atoms with E-state index >= 15 is 0 Å². The van der Waals surface area contributed by atoms with Crippen LogP contribution in [0.1, 0.15) is 39.3 Å². The molecule has 1 heterocycles. The topological polar surface area (TPSA) is 56.8 Å². The highest BCUT2D eigenvalue weighted by Crippen LogP contribution is 2.37. The predicted octanol–water partition coefficient (Wildman–Crippen LogP) is 3.81. The van der Waals surface area contributed by atoms with Crippen LogP contribution in [0.3, 0.4) is 0 Å². The fourth-order valence-electron chi connectivity index (χ4n) is 1.97. The summed E-state index contributed by atoms with van der Waals surface area (Å²) in [7, 11) is 0. The molecule has 1 unspecified atom stereocenters. The Bertz CT molecular complexity index is 539. The summed E-state index contributed by atoms with van der Waals surface area (Å²) < 4.78 is 17.2. The SMILES string of the molecule is CC(NC(=O)OC(C)(C)C)c1cc2c(cc1Br)OCCO2. The Labute approximate surface area is 133 Å². The van der Waals surface area contributed by atoms with E-state index in [1.807, 2.05) is 39.8 Å². The van der Waals surface area contributed by atoms with Gasteiger partial charge in [-0.1, -0.05) is 15.9 Å². The highest BCUT2D eigenvalue weighted by Gasteiger charge is 2.21. The van der Waals surface area contributed by atoms with Crippen LogP contribution in [0, 0.1) is 0 Å². The highest BCUT2D eigenvalue weighted by molar-refractivity contribution is 9.10. The fraction of sp³-hybridized carbons (Fsp3) is 0.533. The summed E-state index contributed by atoms with van der Waals surface area (Å²) in [5.41, 5.74) is 0.388. The summed E-state index contributed by atoms with van der Waals surface area (Å²) in [5.74, 6) is 1.40. The van der Waals surface area contributed by atoms with Gasteiger partial charge in [-0.05, 0) is 45.4 Å². The van der Waals surface area contributed by atoms with Gasteiger partial charge in [-0.15, -0.1) is 0 Å². The normalized spacial score (nSPS) is 15.3. The number of carbonyl (C=O) groups is 1. The molecule has 5 nitrogen and oxygen atoms in total. The average molecular weight is 358 g/mol. The number of nitrogens with one attached hydrogen (secondary N) is 1. The zero-order valence-electron chi connectivity index (χ0n) is 12.7. The number of amides is 1. The van der Waals surface area contributed by atoms with E-state index in [0.29, 0.717) is 24.7 Å². The lowest BCUT2D eigenvalue weighted by Gasteiger charge is -2.24. The molecule has 0 saturated carbocycles.